The van der Waals surface area contributed by atoms with Gasteiger partial charge in [-0.25, -0.2) is 9.59 Å². The van der Waals surface area contributed by atoms with Crippen molar-refractivity contribution in [2.75, 3.05) is 107 Å². The zero-order chi connectivity index (χ0) is 66.9. The number of ketones is 3. The van der Waals surface area contributed by atoms with Crippen LogP contribution in [0.3, 0.4) is 0 Å². The predicted octanol–water partition coefficient (Wildman–Crippen LogP) is 6.91. The van der Waals surface area contributed by atoms with E-state index in [0.29, 0.717) is 129 Å². The highest BCUT2D eigenvalue weighted by Crippen LogP contribution is 2.38. The Morgan fingerprint density at radius 2 is 1.40 bits per heavy atom. The number of ether oxygens (including phenoxy) is 11. The van der Waals surface area contributed by atoms with Crippen molar-refractivity contribution >= 4 is 41.2 Å². The van der Waals surface area contributed by atoms with E-state index >= 15 is 0 Å². The Kier molecular flexibility index (Phi) is 36.8. The highest BCUT2D eigenvalue weighted by Gasteiger charge is 2.53. The van der Waals surface area contributed by atoms with Gasteiger partial charge in [0, 0.05) is 84.6 Å². The van der Waals surface area contributed by atoms with Crippen LogP contribution in [0.15, 0.2) is 47.6 Å². The number of rotatable bonds is 27. The second-order valence-corrected chi connectivity index (χ2v) is 25.1. The summed E-state index contributed by atoms with van der Waals surface area (Å²) in [5.41, 5.74) is 1.22. The molecule has 1 saturated carbocycles. The molecule has 2 saturated heterocycles. The largest absolute Gasteiger partial charge is 0.460 e. The van der Waals surface area contributed by atoms with E-state index in [-0.39, 0.29) is 74.7 Å². The van der Waals surface area contributed by atoms with E-state index in [1.807, 2.05) is 58.1 Å². The number of allylic oxidation sites excluding steroid dienone is 6. The fraction of sp³-hybridized carbons (Fsp3) is 0.779. The molecule has 0 aromatic rings. The number of esters is 1. The molecule has 3 amide bonds. The number of aliphatic hydroxyl groups excluding tert-OH is 1. The summed E-state index contributed by atoms with van der Waals surface area (Å²) >= 11 is 0. The summed E-state index contributed by atoms with van der Waals surface area (Å²) in [4.78, 5) is 97.8. The van der Waals surface area contributed by atoms with Crippen LogP contribution in [-0.2, 0) is 80.9 Å². The number of cyclic esters (lactones) is 1. The lowest BCUT2D eigenvalue weighted by Gasteiger charge is -2.42. The summed E-state index contributed by atoms with van der Waals surface area (Å²) in [5, 5.41) is 29.2. The monoisotopic (exact) mass is 1290 g/mol. The molecule has 1 aliphatic carbocycles. The second kappa shape index (κ2) is 42.5. The van der Waals surface area contributed by atoms with Gasteiger partial charge in [-0.1, -0.05) is 78.0 Å². The number of alkyl carbamates (subject to hydrolysis) is 1. The molecule has 518 valence electrons. The molecule has 4 rings (SSSR count). The molecule has 3 aliphatic heterocycles. The van der Waals surface area contributed by atoms with Crippen molar-refractivity contribution in [3.8, 4) is 0 Å². The van der Waals surface area contributed by atoms with Crippen LogP contribution in [0.2, 0.25) is 0 Å². The Morgan fingerprint density at radius 1 is 0.736 bits per heavy atom. The Morgan fingerprint density at radius 3 is 2.05 bits per heavy atom. The lowest BCUT2D eigenvalue weighted by Crippen LogP contribution is -2.61. The number of amides is 3. The first-order valence-electron chi connectivity index (χ1n) is 33.2. The summed E-state index contributed by atoms with van der Waals surface area (Å²) in [7, 11) is 4.49. The SMILES string of the molecule is CCCOCCNC(=O)CCOCCOCCOCCOCCNC(=O)O[C@@H]1CC[C@@H](C[C@@H](C)[C@@H]2CC(=O)C(C)/C=C(\C)[C@@H](O)[C@@H](OC)C(=O)[C@H](C)C[C@H](C)/C=C/C=C/C=C(\C)[C@@H](OC)C[C@@H]3CC[C@@H](C)[C@@](O)(O3)C(=O)C(=O)N3CCCC[C@H]3C(=O)O2)C[C@H]1OC. The number of nitrogens with zero attached hydrogens (tertiary/aromatic N) is 1. The highest BCUT2D eigenvalue weighted by atomic mass is 16.6. The average Bonchev–Trinajstić information content (AvgIpc) is 0.837. The molecule has 4 aliphatic rings. The summed E-state index contributed by atoms with van der Waals surface area (Å²) < 4.78 is 63.3. The number of fused-ring (bicyclic) bond motifs is 3. The van der Waals surface area contributed by atoms with Gasteiger partial charge < -0.3 is 77.9 Å². The number of Topliss-reactive ketones (excluding diaryl/α,β-unsaturated/α-hetero) is 3. The fourth-order valence-corrected chi connectivity index (χ4v) is 12.2. The number of carbonyl (C=O) groups is 7. The molecular formula is C68H111N3O20. The van der Waals surface area contributed by atoms with Crippen LogP contribution in [0.25, 0.3) is 0 Å². The van der Waals surface area contributed by atoms with Crippen molar-refractivity contribution in [3.05, 3.63) is 47.6 Å². The summed E-state index contributed by atoms with van der Waals surface area (Å²) in [6.45, 7) is 19.1. The average molecular weight is 1290 g/mol. The van der Waals surface area contributed by atoms with Gasteiger partial charge in [-0.3, -0.25) is 24.0 Å². The molecule has 0 aromatic heterocycles. The molecule has 15 atom stereocenters. The molecule has 4 N–H and O–H groups in total. The van der Waals surface area contributed by atoms with Crippen molar-refractivity contribution in [2.45, 2.75) is 200 Å². The second-order valence-electron chi connectivity index (χ2n) is 25.1. The zero-order valence-electron chi connectivity index (χ0n) is 56.3. The number of nitrogens with one attached hydrogen (secondary N) is 2. The maximum atomic E-state index is 14.7. The van der Waals surface area contributed by atoms with E-state index in [1.165, 1.54) is 12.0 Å². The van der Waals surface area contributed by atoms with E-state index in [1.54, 1.807) is 48.0 Å². The van der Waals surface area contributed by atoms with Gasteiger partial charge in [-0.05, 0) is 113 Å². The quantitative estimate of drug-likeness (QED) is 0.0281. The van der Waals surface area contributed by atoms with E-state index in [4.69, 9.17) is 52.1 Å². The molecule has 2 bridgehead atoms. The minimum absolute atomic E-state index is 0.0108. The third-order valence-corrected chi connectivity index (χ3v) is 17.7. The van der Waals surface area contributed by atoms with Crippen molar-refractivity contribution in [1.29, 1.82) is 0 Å². The Labute approximate surface area is 540 Å². The number of hydrogen-bond donors (Lipinski definition) is 4. The van der Waals surface area contributed by atoms with Crippen molar-refractivity contribution in [1.82, 2.24) is 15.5 Å². The van der Waals surface area contributed by atoms with E-state index in [2.05, 4.69) is 10.6 Å². The van der Waals surface area contributed by atoms with Gasteiger partial charge in [0.1, 0.15) is 36.2 Å². The van der Waals surface area contributed by atoms with Crippen LogP contribution >= 0.6 is 0 Å². The number of carbonyl (C=O) groups excluding carboxylic acids is 7. The normalized spacial score (nSPS) is 32.1. The van der Waals surface area contributed by atoms with Crippen molar-refractivity contribution in [3.63, 3.8) is 0 Å². The first-order valence-corrected chi connectivity index (χ1v) is 33.2. The summed E-state index contributed by atoms with van der Waals surface area (Å²) in [5.74, 6) is -8.65. The number of methoxy groups -OCH3 is 3. The minimum atomic E-state index is -2.47. The first-order chi connectivity index (χ1) is 43.6. The molecule has 23 heteroatoms. The minimum Gasteiger partial charge on any atom is -0.460 e. The predicted molar refractivity (Wildman–Crippen MR) is 339 cm³/mol. The lowest BCUT2D eigenvalue weighted by atomic mass is 9.78. The number of aliphatic hydroxyl groups is 2. The standard InChI is InChI=1S/C68H111N3O20/c1-12-29-84-31-26-69-60(73)25-30-85-33-35-87-37-38-88-36-34-86-32-27-70-67(79)90-56-24-22-52(42-59(56)82-10)41-48(5)58-44-55(72)47(4)40-50(7)62(75)63(83-11)61(74)49(6)39-45(2)18-14-13-15-19-46(3)57(81-9)43-53-23-21-51(8)68(80,91-53)64(76)65(77)71-28-17-16-20-54(71)66(78)89-58/h13-15,18-19,40,45,47-49,51-54,56-59,62-63,75,80H,12,16-17,20-39,41-44H2,1-11H3,(H,69,73)(H,70,79)/b15-13+,18-14+,46-19+,50-40+/t45-,47?,48-,49-,51-,52+,53+,54+,56-,57+,58+,59-,62-,63+,68-/m1/s1. The van der Waals surface area contributed by atoms with Crippen LogP contribution in [0.5, 0.6) is 0 Å². The lowest BCUT2D eigenvalue weighted by molar-refractivity contribution is -0.265. The maximum Gasteiger partial charge on any atom is 0.407 e. The molecule has 3 heterocycles. The Hall–Kier alpha value is -4.79. The summed E-state index contributed by atoms with van der Waals surface area (Å²) in [6.07, 6.45) is 10.7. The number of piperidine rings is 1. The molecule has 0 radical (unpaired) electrons. The van der Waals surface area contributed by atoms with E-state index in [0.717, 1.165) is 12.0 Å². The topological polar surface area (TPSA) is 289 Å². The third-order valence-electron chi connectivity index (χ3n) is 17.7. The van der Waals surface area contributed by atoms with Gasteiger partial charge in [0.2, 0.25) is 11.7 Å². The molecule has 23 nitrogen and oxygen atoms in total. The van der Waals surface area contributed by atoms with Crippen molar-refractivity contribution in [2.24, 2.45) is 35.5 Å². The van der Waals surface area contributed by atoms with Gasteiger partial charge in [0.25, 0.3) is 11.7 Å². The van der Waals surface area contributed by atoms with Gasteiger partial charge in [-0.15, -0.1) is 0 Å². The summed E-state index contributed by atoms with van der Waals surface area (Å²) in [6, 6.07) is -1.20. The van der Waals surface area contributed by atoms with Gasteiger partial charge >= 0.3 is 12.1 Å². The molecule has 91 heavy (non-hydrogen) atoms. The van der Waals surface area contributed by atoms with E-state index in [9.17, 15) is 43.8 Å². The molecule has 0 spiro atoms. The molecule has 0 aromatic carbocycles. The van der Waals surface area contributed by atoms with Gasteiger partial charge in [0.05, 0.1) is 77.8 Å². The van der Waals surface area contributed by atoms with Crippen LogP contribution < -0.4 is 10.6 Å². The van der Waals surface area contributed by atoms with Crippen LogP contribution in [-0.4, -0.2) is 218 Å². The van der Waals surface area contributed by atoms with Crippen LogP contribution in [0.4, 0.5) is 4.79 Å². The Balaban J connectivity index is 1.39. The molecule has 3 fully saturated rings. The first kappa shape index (κ1) is 78.7. The van der Waals surface area contributed by atoms with Crippen molar-refractivity contribution < 1.29 is 95.9 Å². The smallest absolute Gasteiger partial charge is 0.407 e. The van der Waals surface area contributed by atoms with Gasteiger partial charge in [-0.2, -0.15) is 0 Å². The van der Waals surface area contributed by atoms with Crippen LogP contribution in [0, 0.1) is 35.5 Å². The van der Waals surface area contributed by atoms with Crippen LogP contribution in [0.1, 0.15) is 145 Å². The molecule has 1 unspecified atom stereocenters. The highest BCUT2D eigenvalue weighted by molar-refractivity contribution is 6.39. The zero-order valence-corrected chi connectivity index (χ0v) is 56.3. The van der Waals surface area contributed by atoms with E-state index < -0.39 is 102 Å². The Bertz CT molecular complexity index is 2360. The fourth-order valence-electron chi connectivity index (χ4n) is 12.2. The third kappa shape index (κ3) is 26.9. The van der Waals surface area contributed by atoms with Gasteiger partial charge in [0.15, 0.2) is 5.78 Å². The molecular weight excluding hydrogens is 1180 g/mol. The maximum absolute atomic E-state index is 14.7. The number of hydrogen-bond acceptors (Lipinski definition) is 20.